The zero-order valence-electron chi connectivity index (χ0n) is 15.1. The van der Waals surface area contributed by atoms with Crippen LogP contribution < -0.4 is 5.73 Å². The fourth-order valence-electron chi connectivity index (χ4n) is 3.64. The van der Waals surface area contributed by atoms with Crippen LogP contribution in [0.3, 0.4) is 0 Å². The standard InChI is InChI=1S/C21H23N5O/c22-20-13-17(6-9-23-20)21(27)26-10-7-16(8-11-26)19-14-18(24-25-19)12-15-4-2-1-3-5-15/h1-6,9,13-14,16H,7-8,10-12H2,(H2,22,23)(H,24,25). The third-order valence-electron chi connectivity index (χ3n) is 5.12. The Hall–Kier alpha value is -3.15. The molecular formula is C21H23N5O. The van der Waals surface area contributed by atoms with E-state index in [0.29, 0.717) is 17.3 Å². The van der Waals surface area contributed by atoms with Crippen LogP contribution in [-0.4, -0.2) is 39.1 Å². The smallest absolute Gasteiger partial charge is 0.254 e. The number of H-pyrrole nitrogens is 1. The number of amides is 1. The lowest BCUT2D eigenvalue weighted by atomic mass is 9.93. The number of nitrogen functional groups attached to an aromatic ring is 1. The number of likely N-dealkylation sites (tertiary alicyclic amines) is 1. The third-order valence-corrected chi connectivity index (χ3v) is 5.12. The number of nitrogens with zero attached hydrogens (tertiary/aromatic N) is 3. The van der Waals surface area contributed by atoms with Crippen molar-refractivity contribution in [1.82, 2.24) is 20.1 Å². The first-order chi connectivity index (χ1) is 13.2. The number of nitrogens with one attached hydrogen (secondary N) is 1. The second-order valence-electron chi connectivity index (χ2n) is 7.02. The highest BCUT2D eigenvalue weighted by molar-refractivity contribution is 5.94. The van der Waals surface area contributed by atoms with Gasteiger partial charge in [-0.05, 0) is 36.6 Å². The van der Waals surface area contributed by atoms with E-state index in [2.05, 4.69) is 45.5 Å². The lowest BCUT2D eigenvalue weighted by molar-refractivity contribution is 0.0712. The molecule has 6 nitrogen and oxygen atoms in total. The molecule has 4 rings (SSSR count). The number of nitrogens with two attached hydrogens (primary N) is 1. The molecule has 3 aromatic rings. The summed E-state index contributed by atoms with van der Waals surface area (Å²) in [5, 5.41) is 7.69. The Morgan fingerprint density at radius 1 is 1.15 bits per heavy atom. The van der Waals surface area contributed by atoms with E-state index in [9.17, 15) is 4.79 Å². The Morgan fingerprint density at radius 3 is 2.67 bits per heavy atom. The molecule has 1 amide bonds. The van der Waals surface area contributed by atoms with Crippen molar-refractivity contribution in [2.24, 2.45) is 0 Å². The Kier molecular flexibility index (Phi) is 4.87. The van der Waals surface area contributed by atoms with Gasteiger partial charge in [-0.15, -0.1) is 0 Å². The fraction of sp³-hybridized carbons (Fsp3) is 0.286. The summed E-state index contributed by atoms with van der Waals surface area (Å²) >= 11 is 0. The van der Waals surface area contributed by atoms with Crippen molar-refractivity contribution >= 4 is 11.7 Å². The summed E-state index contributed by atoms with van der Waals surface area (Å²) in [5.74, 6) is 0.782. The highest BCUT2D eigenvalue weighted by atomic mass is 16.2. The van der Waals surface area contributed by atoms with Gasteiger partial charge < -0.3 is 10.6 Å². The average molecular weight is 361 g/mol. The molecule has 138 valence electrons. The topological polar surface area (TPSA) is 87.9 Å². The van der Waals surface area contributed by atoms with E-state index < -0.39 is 0 Å². The van der Waals surface area contributed by atoms with Crippen LogP contribution in [0.2, 0.25) is 0 Å². The molecule has 6 heteroatoms. The summed E-state index contributed by atoms with van der Waals surface area (Å²) in [6.07, 6.45) is 4.27. The molecule has 1 saturated heterocycles. The van der Waals surface area contributed by atoms with Gasteiger partial charge in [-0.2, -0.15) is 5.10 Å². The number of benzene rings is 1. The minimum Gasteiger partial charge on any atom is -0.384 e. The van der Waals surface area contributed by atoms with Crippen LogP contribution in [0.25, 0.3) is 0 Å². The number of carbonyl (C=O) groups is 1. The number of rotatable bonds is 4. The molecule has 0 unspecified atom stereocenters. The molecule has 1 fully saturated rings. The minimum absolute atomic E-state index is 0.0225. The molecule has 3 heterocycles. The zero-order valence-corrected chi connectivity index (χ0v) is 15.1. The van der Waals surface area contributed by atoms with Crippen LogP contribution in [0.4, 0.5) is 5.82 Å². The van der Waals surface area contributed by atoms with E-state index in [-0.39, 0.29) is 5.91 Å². The molecule has 1 aliphatic rings. The SMILES string of the molecule is Nc1cc(C(=O)N2CCC(c3cc(Cc4ccccc4)[nH]n3)CC2)ccn1. The maximum absolute atomic E-state index is 12.6. The van der Waals surface area contributed by atoms with E-state index in [1.165, 1.54) is 5.56 Å². The fourth-order valence-corrected chi connectivity index (χ4v) is 3.64. The average Bonchev–Trinajstić information content (AvgIpc) is 3.17. The first-order valence-electron chi connectivity index (χ1n) is 9.28. The molecule has 2 aromatic heterocycles. The Labute approximate surface area is 158 Å². The maximum atomic E-state index is 12.6. The van der Waals surface area contributed by atoms with Crippen LogP contribution in [0, 0.1) is 0 Å². The number of aromatic nitrogens is 3. The van der Waals surface area contributed by atoms with Gasteiger partial charge in [0.05, 0.1) is 5.69 Å². The largest absolute Gasteiger partial charge is 0.384 e. The number of carbonyl (C=O) groups excluding carboxylic acids is 1. The van der Waals surface area contributed by atoms with Gasteiger partial charge in [-0.1, -0.05) is 30.3 Å². The number of pyridine rings is 1. The number of hydrogen-bond acceptors (Lipinski definition) is 4. The summed E-state index contributed by atoms with van der Waals surface area (Å²) in [4.78, 5) is 18.5. The van der Waals surface area contributed by atoms with Gasteiger partial charge >= 0.3 is 0 Å². The van der Waals surface area contributed by atoms with Crippen molar-refractivity contribution < 1.29 is 4.79 Å². The highest BCUT2D eigenvalue weighted by Gasteiger charge is 2.26. The van der Waals surface area contributed by atoms with Crippen LogP contribution in [0.15, 0.2) is 54.7 Å². The van der Waals surface area contributed by atoms with Crippen LogP contribution in [-0.2, 0) is 6.42 Å². The quantitative estimate of drug-likeness (QED) is 0.748. The van der Waals surface area contributed by atoms with Crippen LogP contribution >= 0.6 is 0 Å². The summed E-state index contributed by atoms with van der Waals surface area (Å²) in [6.45, 7) is 1.46. The number of piperidine rings is 1. The molecule has 0 saturated carbocycles. The minimum atomic E-state index is 0.0225. The molecule has 0 aliphatic carbocycles. The van der Waals surface area contributed by atoms with Crippen molar-refractivity contribution in [3.8, 4) is 0 Å². The van der Waals surface area contributed by atoms with Gasteiger partial charge in [-0.25, -0.2) is 4.98 Å². The van der Waals surface area contributed by atoms with Crippen molar-refractivity contribution in [2.75, 3.05) is 18.8 Å². The summed E-state index contributed by atoms with van der Waals surface area (Å²) in [6, 6.07) is 15.9. The molecule has 0 spiro atoms. The summed E-state index contributed by atoms with van der Waals surface area (Å²) < 4.78 is 0. The maximum Gasteiger partial charge on any atom is 0.254 e. The van der Waals surface area contributed by atoms with Gasteiger partial charge in [-0.3, -0.25) is 9.89 Å². The van der Waals surface area contributed by atoms with Crippen LogP contribution in [0.1, 0.15) is 46.1 Å². The summed E-state index contributed by atoms with van der Waals surface area (Å²) in [5.41, 5.74) is 9.78. The lowest BCUT2D eigenvalue weighted by Crippen LogP contribution is -2.38. The van der Waals surface area contributed by atoms with Gasteiger partial charge in [0.1, 0.15) is 5.82 Å². The molecule has 0 bridgehead atoms. The lowest BCUT2D eigenvalue weighted by Gasteiger charge is -2.31. The van der Waals surface area contributed by atoms with Crippen molar-refractivity contribution in [1.29, 1.82) is 0 Å². The highest BCUT2D eigenvalue weighted by Crippen LogP contribution is 2.28. The number of anilines is 1. The molecule has 1 aliphatic heterocycles. The van der Waals surface area contributed by atoms with Gasteiger partial charge in [0.15, 0.2) is 0 Å². The molecule has 0 radical (unpaired) electrons. The number of hydrogen-bond donors (Lipinski definition) is 2. The first-order valence-corrected chi connectivity index (χ1v) is 9.28. The molecule has 27 heavy (non-hydrogen) atoms. The predicted octanol–water partition coefficient (Wildman–Crippen LogP) is 3.00. The molecule has 3 N–H and O–H groups in total. The van der Waals surface area contributed by atoms with Gasteiger partial charge in [0.25, 0.3) is 5.91 Å². The van der Waals surface area contributed by atoms with Gasteiger partial charge in [0, 0.05) is 42.9 Å². The van der Waals surface area contributed by atoms with E-state index >= 15 is 0 Å². The van der Waals surface area contributed by atoms with Crippen LogP contribution in [0.5, 0.6) is 0 Å². The van der Waals surface area contributed by atoms with Gasteiger partial charge in [0.2, 0.25) is 0 Å². The Bertz CT molecular complexity index is 913. The van der Waals surface area contributed by atoms with Crippen molar-refractivity contribution in [2.45, 2.75) is 25.2 Å². The van der Waals surface area contributed by atoms with E-state index in [0.717, 1.165) is 43.7 Å². The Balaban J connectivity index is 1.36. The summed E-state index contributed by atoms with van der Waals surface area (Å²) in [7, 11) is 0. The Morgan fingerprint density at radius 2 is 1.93 bits per heavy atom. The third kappa shape index (κ3) is 4.00. The zero-order chi connectivity index (χ0) is 18.6. The predicted molar refractivity (Wildman–Crippen MR) is 104 cm³/mol. The molecule has 1 aromatic carbocycles. The molecular weight excluding hydrogens is 338 g/mol. The van der Waals surface area contributed by atoms with Crippen molar-refractivity contribution in [3.05, 3.63) is 77.2 Å². The van der Waals surface area contributed by atoms with E-state index in [1.807, 2.05) is 11.0 Å². The monoisotopic (exact) mass is 361 g/mol. The second-order valence-corrected chi connectivity index (χ2v) is 7.02. The number of aromatic amines is 1. The van der Waals surface area contributed by atoms with E-state index in [4.69, 9.17) is 5.73 Å². The normalized spacial score (nSPS) is 15.0. The molecule has 0 atom stereocenters. The van der Waals surface area contributed by atoms with E-state index in [1.54, 1.807) is 18.3 Å². The van der Waals surface area contributed by atoms with Crippen molar-refractivity contribution in [3.63, 3.8) is 0 Å². The first kappa shape index (κ1) is 17.3. The second kappa shape index (κ2) is 7.61.